The maximum atomic E-state index is 13.0. The molecule has 1 aromatic rings. The number of nitrogens with zero attached hydrogens (tertiary/aromatic N) is 1. The minimum absolute atomic E-state index is 0.00769. The van der Waals surface area contributed by atoms with E-state index < -0.39 is 16.0 Å². The summed E-state index contributed by atoms with van der Waals surface area (Å²) in [7, 11) is -2.58. The molecule has 0 unspecified atom stereocenters. The molecule has 3 rings (SSSR count). The van der Waals surface area contributed by atoms with Gasteiger partial charge in [0.15, 0.2) is 0 Å². The first-order valence-corrected chi connectivity index (χ1v) is 11.8. The molecule has 2 heterocycles. The predicted molar refractivity (Wildman–Crippen MR) is 107 cm³/mol. The van der Waals surface area contributed by atoms with Crippen LogP contribution in [0.1, 0.15) is 60.3 Å². The van der Waals surface area contributed by atoms with Crippen molar-refractivity contribution in [2.24, 2.45) is 0 Å². The van der Waals surface area contributed by atoms with Crippen molar-refractivity contribution in [3.8, 4) is 0 Å². The highest BCUT2D eigenvalue weighted by molar-refractivity contribution is 7.91. The van der Waals surface area contributed by atoms with E-state index in [1.165, 1.54) is 7.11 Å². The van der Waals surface area contributed by atoms with E-state index in [1.54, 1.807) is 17.9 Å². The van der Waals surface area contributed by atoms with Gasteiger partial charge in [0.25, 0.3) is 10.0 Å². The number of fused-ring (bicyclic) bond motifs is 1. The smallest absolute Gasteiger partial charge is 0.340 e. The quantitative estimate of drug-likeness (QED) is 0.577. The first-order valence-electron chi connectivity index (χ1n) is 9.45. The molecule has 0 saturated heterocycles. The van der Waals surface area contributed by atoms with Gasteiger partial charge in [-0.15, -0.1) is 11.3 Å². The van der Waals surface area contributed by atoms with Crippen LogP contribution in [-0.4, -0.2) is 44.9 Å². The first-order chi connectivity index (χ1) is 13.3. The van der Waals surface area contributed by atoms with E-state index in [1.807, 2.05) is 6.92 Å². The van der Waals surface area contributed by atoms with Crippen molar-refractivity contribution in [2.75, 3.05) is 13.7 Å². The second-order valence-corrected chi connectivity index (χ2v) is 10.2. The average Bonchev–Trinajstić information content (AvgIpc) is 3.32. The summed E-state index contributed by atoms with van der Waals surface area (Å²) in [6, 6.07) is -0.0926. The second kappa shape index (κ2) is 8.34. The Morgan fingerprint density at radius 3 is 2.57 bits per heavy atom. The van der Waals surface area contributed by atoms with Gasteiger partial charge in [0.05, 0.1) is 19.2 Å². The molecule has 0 atom stereocenters. The molecule has 0 spiro atoms. The highest BCUT2D eigenvalue weighted by Gasteiger charge is 2.36. The van der Waals surface area contributed by atoms with Gasteiger partial charge in [-0.05, 0) is 38.7 Å². The van der Waals surface area contributed by atoms with Crippen LogP contribution in [0.2, 0.25) is 0 Å². The van der Waals surface area contributed by atoms with E-state index in [0.29, 0.717) is 30.6 Å². The van der Waals surface area contributed by atoms with Crippen LogP contribution in [0.3, 0.4) is 0 Å². The molecule has 28 heavy (non-hydrogen) atoms. The van der Waals surface area contributed by atoms with Gasteiger partial charge in [-0.3, -0.25) is 4.79 Å². The summed E-state index contributed by atoms with van der Waals surface area (Å²) < 4.78 is 33.7. The zero-order valence-corrected chi connectivity index (χ0v) is 18.0. The van der Waals surface area contributed by atoms with Crippen LogP contribution in [-0.2, 0) is 32.5 Å². The number of thiophene rings is 1. The molecule has 1 aliphatic heterocycles. The molecular weight excluding hydrogens is 400 g/mol. The molecule has 0 aromatic carbocycles. The number of ether oxygens (including phenoxy) is 1. The number of nitrogens with one attached hydrogen (secondary N) is 1. The van der Waals surface area contributed by atoms with Gasteiger partial charge in [0.1, 0.15) is 4.21 Å². The number of amides is 1. The van der Waals surface area contributed by atoms with Crippen LogP contribution in [0.5, 0.6) is 0 Å². The summed E-state index contributed by atoms with van der Waals surface area (Å²) in [6.07, 6.45) is 5.80. The van der Waals surface area contributed by atoms with E-state index in [-0.39, 0.29) is 21.7 Å². The molecule has 2 aliphatic rings. The Bertz CT molecular complexity index is 911. The first kappa shape index (κ1) is 21.0. The lowest BCUT2D eigenvalue weighted by molar-refractivity contribution is -0.127. The number of carbonyl (C=O) groups excluding carboxylic acids is 2. The Labute approximate surface area is 169 Å². The molecule has 1 fully saturated rings. The molecule has 0 radical (unpaired) electrons. The van der Waals surface area contributed by atoms with Gasteiger partial charge in [-0.25, -0.2) is 17.9 Å². The summed E-state index contributed by atoms with van der Waals surface area (Å²) in [4.78, 5) is 27.3. The predicted octanol–water partition coefficient (Wildman–Crippen LogP) is 2.61. The lowest BCUT2D eigenvalue weighted by Crippen LogP contribution is -2.36. The average molecular weight is 427 g/mol. The maximum Gasteiger partial charge on any atom is 0.340 e. The largest absolute Gasteiger partial charge is 0.465 e. The lowest BCUT2D eigenvalue weighted by atomic mass is 10.0. The third-order valence-electron chi connectivity index (χ3n) is 5.39. The summed E-state index contributed by atoms with van der Waals surface area (Å²) in [5.41, 5.74) is 1.46. The Morgan fingerprint density at radius 2 is 1.96 bits per heavy atom. The van der Waals surface area contributed by atoms with Crippen LogP contribution in [0.15, 0.2) is 15.9 Å². The standard InChI is InChI=1S/C19H26N2O5S2/c1-4-12(2)17(22)21-10-9-14-15(11-21)27-19(16(14)18(23)26-3)28(24,25)20-13-7-5-6-8-13/h4,13,20H,5-11H2,1-3H3. The van der Waals surface area contributed by atoms with Crippen molar-refractivity contribution in [1.82, 2.24) is 9.62 Å². The van der Waals surface area contributed by atoms with Crippen molar-refractivity contribution >= 4 is 33.2 Å². The van der Waals surface area contributed by atoms with E-state index in [2.05, 4.69) is 4.72 Å². The zero-order chi connectivity index (χ0) is 20.5. The van der Waals surface area contributed by atoms with Gasteiger partial charge in [-0.1, -0.05) is 18.9 Å². The molecule has 9 heteroatoms. The Morgan fingerprint density at radius 1 is 1.29 bits per heavy atom. The molecule has 1 amide bonds. The van der Waals surface area contributed by atoms with Crippen LogP contribution in [0, 0.1) is 0 Å². The van der Waals surface area contributed by atoms with Gasteiger partial charge in [0, 0.05) is 23.0 Å². The summed E-state index contributed by atoms with van der Waals surface area (Å²) >= 11 is 1.07. The van der Waals surface area contributed by atoms with Gasteiger partial charge in [0.2, 0.25) is 5.91 Å². The number of methoxy groups -OCH3 is 1. The van der Waals surface area contributed by atoms with Crippen molar-refractivity contribution < 1.29 is 22.7 Å². The van der Waals surface area contributed by atoms with E-state index in [0.717, 1.165) is 41.9 Å². The zero-order valence-electron chi connectivity index (χ0n) is 16.4. The monoisotopic (exact) mass is 426 g/mol. The molecule has 1 aromatic heterocycles. The molecule has 1 aliphatic carbocycles. The number of hydrogen-bond acceptors (Lipinski definition) is 6. The lowest BCUT2D eigenvalue weighted by Gasteiger charge is -2.27. The fraction of sp³-hybridized carbons (Fsp3) is 0.579. The van der Waals surface area contributed by atoms with Crippen molar-refractivity contribution in [1.29, 1.82) is 0 Å². The summed E-state index contributed by atoms with van der Waals surface area (Å²) in [5, 5.41) is 0. The molecule has 154 valence electrons. The fourth-order valence-corrected chi connectivity index (χ4v) is 6.96. The van der Waals surface area contributed by atoms with Crippen LogP contribution >= 0.6 is 11.3 Å². The Kier molecular flexibility index (Phi) is 6.26. The highest BCUT2D eigenvalue weighted by atomic mass is 32.2. The molecule has 7 nitrogen and oxygen atoms in total. The third-order valence-corrected chi connectivity index (χ3v) is 8.65. The number of esters is 1. The van der Waals surface area contributed by atoms with Gasteiger partial charge < -0.3 is 9.64 Å². The maximum absolute atomic E-state index is 13.0. The number of sulfonamides is 1. The fourth-order valence-electron chi connectivity index (χ4n) is 3.74. The number of allylic oxidation sites excluding steroid dienone is 1. The minimum atomic E-state index is -3.83. The molecule has 1 saturated carbocycles. The van der Waals surface area contributed by atoms with Gasteiger partial charge in [-0.2, -0.15) is 0 Å². The van der Waals surface area contributed by atoms with Gasteiger partial charge >= 0.3 is 5.97 Å². The second-order valence-electron chi connectivity index (χ2n) is 7.21. The third kappa shape index (κ3) is 4.01. The molecular formula is C19H26N2O5S2. The summed E-state index contributed by atoms with van der Waals surface area (Å²) in [5.74, 6) is -0.719. The SMILES string of the molecule is CC=C(C)C(=O)N1CCc2c(sc(S(=O)(=O)NC3CCCC3)c2C(=O)OC)C1. The normalized spacial score (nSPS) is 18.2. The van der Waals surface area contributed by atoms with E-state index in [4.69, 9.17) is 4.74 Å². The number of carbonyl (C=O) groups is 2. The Balaban J connectivity index is 1.97. The van der Waals surface area contributed by atoms with Crippen LogP contribution in [0.25, 0.3) is 0 Å². The van der Waals surface area contributed by atoms with Crippen molar-refractivity contribution in [3.05, 3.63) is 27.7 Å². The topological polar surface area (TPSA) is 92.8 Å². The highest BCUT2D eigenvalue weighted by Crippen LogP contribution is 2.37. The minimum Gasteiger partial charge on any atom is -0.465 e. The Hall–Kier alpha value is -1.71. The van der Waals surface area contributed by atoms with Crippen LogP contribution < -0.4 is 4.72 Å². The summed E-state index contributed by atoms with van der Waals surface area (Å²) in [6.45, 7) is 4.30. The van der Waals surface area contributed by atoms with E-state index >= 15 is 0 Å². The van der Waals surface area contributed by atoms with Crippen LogP contribution in [0.4, 0.5) is 0 Å². The molecule has 0 bridgehead atoms. The van der Waals surface area contributed by atoms with E-state index in [9.17, 15) is 18.0 Å². The van der Waals surface area contributed by atoms with Crippen molar-refractivity contribution in [2.45, 2.75) is 62.7 Å². The molecule has 1 N–H and O–H groups in total. The van der Waals surface area contributed by atoms with Crippen molar-refractivity contribution in [3.63, 3.8) is 0 Å². The number of hydrogen-bond donors (Lipinski definition) is 1. The number of rotatable bonds is 5.